The van der Waals surface area contributed by atoms with Gasteiger partial charge in [0.25, 0.3) is 11.8 Å². The fraction of sp³-hybridized carbons (Fsp3) is 0.190. The van der Waals surface area contributed by atoms with Gasteiger partial charge in [0.05, 0.1) is 11.3 Å². The van der Waals surface area contributed by atoms with E-state index < -0.39 is 29.6 Å². The average molecular weight is 402 g/mol. The quantitative estimate of drug-likeness (QED) is 0.608. The molecule has 1 fully saturated rings. The normalized spacial score (nSPS) is 16.6. The zero-order valence-corrected chi connectivity index (χ0v) is 15.6. The summed E-state index contributed by atoms with van der Waals surface area (Å²) in [5, 5.41) is 1.99. The van der Waals surface area contributed by atoms with Crippen molar-refractivity contribution < 1.29 is 27.6 Å². The number of imide groups is 2. The molecule has 0 atom stereocenters. The second kappa shape index (κ2) is 7.54. The largest absolute Gasteiger partial charge is 0.416 e. The first-order valence-electron chi connectivity index (χ1n) is 8.76. The van der Waals surface area contributed by atoms with Crippen LogP contribution in [0.4, 0.5) is 23.7 Å². The van der Waals surface area contributed by atoms with Crippen molar-refractivity contribution in [2.45, 2.75) is 25.9 Å². The summed E-state index contributed by atoms with van der Waals surface area (Å²) < 4.78 is 38.9. The molecule has 29 heavy (non-hydrogen) atoms. The molecular weight excluding hydrogens is 385 g/mol. The summed E-state index contributed by atoms with van der Waals surface area (Å²) in [6, 6.07) is 9.81. The predicted octanol–water partition coefficient (Wildman–Crippen LogP) is 4.50. The van der Waals surface area contributed by atoms with E-state index >= 15 is 0 Å². The highest BCUT2D eigenvalue weighted by Crippen LogP contribution is 2.32. The van der Waals surface area contributed by atoms with Crippen LogP contribution in [-0.4, -0.2) is 17.8 Å². The Bertz CT molecular complexity index is 1010. The Morgan fingerprint density at radius 2 is 1.66 bits per heavy atom. The Kier molecular flexibility index (Phi) is 5.28. The second-order valence-corrected chi connectivity index (χ2v) is 6.83. The molecule has 1 aliphatic rings. The van der Waals surface area contributed by atoms with Crippen molar-refractivity contribution in [3.8, 4) is 0 Å². The van der Waals surface area contributed by atoms with Gasteiger partial charge in [-0.2, -0.15) is 13.2 Å². The monoisotopic (exact) mass is 402 g/mol. The van der Waals surface area contributed by atoms with Gasteiger partial charge >= 0.3 is 12.2 Å². The van der Waals surface area contributed by atoms with Crippen molar-refractivity contribution in [1.29, 1.82) is 0 Å². The summed E-state index contributed by atoms with van der Waals surface area (Å²) in [7, 11) is 0. The molecule has 8 heteroatoms. The van der Waals surface area contributed by atoms with E-state index in [2.05, 4.69) is 0 Å². The third kappa shape index (κ3) is 4.21. The lowest BCUT2D eigenvalue weighted by atomic mass is 10.0. The minimum atomic E-state index is -4.64. The maximum Gasteiger partial charge on any atom is 0.416 e. The van der Waals surface area contributed by atoms with E-state index in [0.29, 0.717) is 22.4 Å². The Balaban J connectivity index is 1.98. The van der Waals surface area contributed by atoms with Crippen LogP contribution in [0.2, 0.25) is 0 Å². The van der Waals surface area contributed by atoms with Gasteiger partial charge in [0.2, 0.25) is 0 Å². The first kappa shape index (κ1) is 20.3. The number of nitrogens with one attached hydrogen (secondary N) is 1. The molecule has 150 valence electrons. The first-order chi connectivity index (χ1) is 13.6. The number of hydrogen-bond acceptors (Lipinski definition) is 3. The fourth-order valence-corrected chi connectivity index (χ4v) is 2.86. The third-order valence-corrected chi connectivity index (χ3v) is 4.45. The molecule has 1 saturated heterocycles. The molecule has 1 aliphatic heterocycles. The zero-order chi connectivity index (χ0) is 21.3. The Morgan fingerprint density at radius 3 is 2.24 bits per heavy atom. The van der Waals surface area contributed by atoms with Crippen molar-refractivity contribution in [1.82, 2.24) is 5.32 Å². The average Bonchev–Trinajstić information content (AvgIpc) is 2.65. The van der Waals surface area contributed by atoms with Gasteiger partial charge in [0.15, 0.2) is 0 Å². The Labute approximate surface area is 164 Å². The van der Waals surface area contributed by atoms with Crippen molar-refractivity contribution >= 4 is 29.6 Å². The van der Waals surface area contributed by atoms with Crippen LogP contribution >= 0.6 is 0 Å². The highest BCUT2D eigenvalue weighted by molar-refractivity contribution is 6.39. The molecule has 0 unspecified atom stereocenters. The van der Waals surface area contributed by atoms with Crippen LogP contribution < -0.4 is 10.2 Å². The van der Waals surface area contributed by atoms with Gasteiger partial charge in [-0.1, -0.05) is 44.2 Å². The van der Waals surface area contributed by atoms with E-state index in [1.165, 1.54) is 12.1 Å². The number of rotatable bonds is 3. The highest BCUT2D eigenvalue weighted by atomic mass is 19.4. The summed E-state index contributed by atoms with van der Waals surface area (Å²) >= 11 is 0. The molecule has 0 aliphatic carbocycles. The Hall–Kier alpha value is -3.42. The summed E-state index contributed by atoms with van der Waals surface area (Å²) in [5.41, 5.74) is -0.0314. The van der Waals surface area contributed by atoms with E-state index in [9.17, 15) is 27.6 Å². The minimum absolute atomic E-state index is 0.282. The number of nitrogens with zero attached hydrogens (tertiary/aromatic N) is 1. The topological polar surface area (TPSA) is 66.5 Å². The van der Waals surface area contributed by atoms with Crippen molar-refractivity contribution in [2.75, 3.05) is 4.90 Å². The number of halogens is 3. The number of carbonyl (C=O) groups is 3. The first-order valence-corrected chi connectivity index (χ1v) is 8.76. The van der Waals surface area contributed by atoms with Crippen molar-refractivity contribution in [3.05, 3.63) is 70.8 Å². The minimum Gasteiger partial charge on any atom is -0.273 e. The number of benzene rings is 2. The molecule has 0 saturated carbocycles. The van der Waals surface area contributed by atoms with Gasteiger partial charge < -0.3 is 0 Å². The van der Waals surface area contributed by atoms with Crippen LogP contribution in [0.3, 0.4) is 0 Å². The van der Waals surface area contributed by atoms with Gasteiger partial charge in [-0.15, -0.1) is 0 Å². The maximum atomic E-state index is 13.0. The van der Waals surface area contributed by atoms with Crippen LogP contribution in [0.1, 0.15) is 36.5 Å². The molecule has 1 N–H and O–H groups in total. The zero-order valence-electron chi connectivity index (χ0n) is 15.6. The van der Waals surface area contributed by atoms with E-state index in [1.54, 1.807) is 12.1 Å². The third-order valence-electron chi connectivity index (χ3n) is 4.45. The van der Waals surface area contributed by atoms with E-state index in [-0.39, 0.29) is 11.3 Å². The van der Waals surface area contributed by atoms with Crippen LogP contribution in [0.5, 0.6) is 0 Å². The van der Waals surface area contributed by atoms with Gasteiger partial charge in [-0.05, 0) is 41.3 Å². The molecule has 3 rings (SSSR count). The molecule has 4 amide bonds. The van der Waals surface area contributed by atoms with Gasteiger partial charge in [-0.3, -0.25) is 14.9 Å². The SMILES string of the molecule is CC(C)c1ccc(C=C2C(=O)NC(=O)N(c3cccc(C(F)(F)F)c3)C2=O)cc1. The molecule has 2 aromatic carbocycles. The second-order valence-electron chi connectivity index (χ2n) is 6.83. The number of urea groups is 1. The molecule has 5 nitrogen and oxygen atoms in total. The van der Waals surface area contributed by atoms with Crippen LogP contribution in [0.25, 0.3) is 6.08 Å². The van der Waals surface area contributed by atoms with Gasteiger partial charge in [0.1, 0.15) is 5.57 Å². The van der Waals surface area contributed by atoms with Gasteiger partial charge in [-0.25, -0.2) is 9.69 Å². The summed E-state index contributed by atoms with van der Waals surface area (Å²) in [4.78, 5) is 37.6. The number of carbonyl (C=O) groups excluding carboxylic acids is 3. The van der Waals surface area contributed by atoms with E-state index in [0.717, 1.165) is 17.7 Å². The van der Waals surface area contributed by atoms with Crippen LogP contribution in [-0.2, 0) is 15.8 Å². The van der Waals surface area contributed by atoms with Crippen LogP contribution in [0.15, 0.2) is 54.1 Å². The lowest BCUT2D eigenvalue weighted by molar-refractivity contribution is -0.137. The van der Waals surface area contributed by atoms with E-state index in [1.807, 2.05) is 31.3 Å². The molecule has 2 aromatic rings. The van der Waals surface area contributed by atoms with Gasteiger partial charge in [0, 0.05) is 0 Å². The molecule has 1 heterocycles. The molecule has 0 radical (unpaired) electrons. The molecular formula is C21H17F3N2O3. The number of anilines is 1. The highest BCUT2D eigenvalue weighted by Gasteiger charge is 2.38. The smallest absolute Gasteiger partial charge is 0.273 e. The fourth-order valence-electron chi connectivity index (χ4n) is 2.86. The molecule has 0 aromatic heterocycles. The standard InChI is InChI=1S/C21H17F3N2O3/c1-12(2)14-8-6-13(7-9-14)10-17-18(27)25-20(29)26(19(17)28)16-5-3-4-15(11-16)21(22,23)24/h3-12H,1-2H3,(H,25,27,29). The summed E-state index contributed by atoms with van der Waals surface area (Å²) in [6.45, 7) is 4.04. The number of alkyl halides is 3. The van der Waals surface area contributed by atoms with Crippen molar-refractivity contribution in [2.24, 2.45) is 0 Å². The number of hydrogen-bond donors (Lipinski definition) is 1. The number of amides is 4. The molecule has 0 bridgehead atoms. The Morgan fingerprint density at radius 1 is 1.00 bits per heavy atom. The lowest BCUT2D eigenvalue weighted by Crippen LogP contribution is -2.54. The van der Waals surface area contributed by atoms with Crippen molar-refractivity contribution in [3.63, 3.8) is 0 Å². The maximum absolute atomic E-state index is 13.0. The number of barbiturate groups is 1. The lowest BCUT2D eigenvalue weighted by Gasteiger charge is -2.26. The summed E-state index contributed by atoms with van der Waals surface area (Å²) in [5.74, 6) is -1.60. The predicted molar refractivity (Wildman–Crippen MR) is 101 cm³/mol. The summed E-state index contributed by atoms with van der Waals surface area (Å²) in [6.07, 6.45) is -3.34. The van der Waals surface area contributed by atoms with E-state index in [4.69, 9.17) is 0 Å². The molecule has 0 spiro atoms. The van der Waals surface area contributed by atoms with Crippen LogP contribution in [0, 0.1) is 0 Å².